The van der Waals surface area contributed by atoms with Crippen molar-refractivity contribution in [2.24, 2.45) is 5.73 Å². The molecule has 0 amide bonds. The van der Waals surface area contributed by atoms with E-state index >= 15 is 0 Å². The van der Waals surface area contributed by atoms with Crippen LogP contribution in [0.25, 0.3) is 5.69 Å². The largest absolute Gasteiger partial charge is 0.494 e. The summed E-state index contributed by atoms with van der Waals surface area (Å²) in [4.78, 5) is 10.3. The van der Waals surface area contributed by atoms with Crippen molar-refractivity contribution in [3.8, 4) is 11.4 Å². The van der Waals surface area contributed by atoms with Crippen LogP contribution in [0.4, 0.5) is 5.69 Å². The number of nitro benzene ring substituents is 1. The molecular formula is C11H12N4O3. The number of ether oxygens (including phenoxy) is 1. The van der Waals surface area contributed by atoms with Gasteiger partial charge in [0.05, 0.1) is 17.7 Å². The molecule has 18 heavy (non-hydrogen) atoms. The van der Waals surface area contributed by atoms with E-state index in [1.165, 1.54) is 30.0 Å². The van der Waals surface area contributed by atoms with Crippen LogP contribution in [0, 0.1) is 10.1 Å². The van der Waals surface area contributed by atoms with E-state index in [0.29, 0.717) is 23.7 Å². The zero-order chi connectivity index (χ0) is 13.1. The molecule has 7 heteroatoms. The van der Waals surface area contributed by atoms with Gasteiger partial charge in [-0.1, -0.05) is 0 Å². The Morgan fingerprint density at radius 2 is 2.28 bits per heavy atom. The predicted molar refractivity (Wildman–Crippen MR) is 64.7 cm³/mol. The molecule has 1 aromatic heterocycles. The molecule has 0 aliphatic carbocycles. The van der Waals surface area contributed by atoms with E-state index in [9.17, 15) is 10.1 Å². The summed E-state index contributed by atoms with van der Waals surface area (Å²) >= 11 is 0. The lowest BCUT2D eigenvalue weighted by Gasteiger charge is -2.07. The van der Waals surface area contributed by atoms with Gasteiger partial charge in [-0.05, 0) is 12.1 Å². The highest BCUT2D eigenvalue weighted by atomic mass is 16.6. The summed E-state index contributed by atoms with van der Waals surface area (Å²) in [6, 6.07) is 6.08. The minimum Gasteiger partial charge on any atom is -0.494 e. The molecule has 1 heterocycles. The third-order valence-corrected chi connectivity index (χ3v) is 2.47. The first-order valence-electron chi connectivity index (χ1n) is 5.23. The molecule has 0 unspecified atom stereocenters. The first-order chi connectivity index (χ1) is 8.65. The zero-order valence-electron chi connectivity index (χ0n) is 9.74. The lowest BCUT2D eigenvalue weighted by Crippen LogP contribution is -2.03. The van der Waals surface area contributed by atoms with E-state index in [2.05, 4.69) is 5.10 Å². The van der Waals surface area contributed by atoms with E-state index < -0.39 is 4.92 Å². The molecule has 2 aromatic rings. The normalized spacial score (nSPS) is 10.3. The van der Waals surface area contributed by atoms with Gasteiger partial charge in [-0.25, -0.2) is 4.68 Å². The fourth-order valence-corrected chi connectivity index (χ4v) is 1.58. The van der Waals surface area contributed by atoms with E-state index in [0.717, 1.165) is 0 Å². The van der Waals surface area contributed by atoms with E-state index in [1.54, 1.807) is 12.3 Å². The van der Waals surface area contributed by atoms with Crippen LogP contribution in [-0.4, -0.2) is 21.8 Å². The second-order valence-electron chi connectivity index (χ2n) is 3.57. The van der Waals surface area contributed by atoms with Crippen LogP contribution in [0.5, 0.6) is 5.75 Å². The Morgan fingerprint density at radius 1 is 1.50 bits per heavy atom. The third kappa shape index (κ3) is 2.16. The summed E-state index contributed by atoms with van der Waals surface area (Å²) in [5.41, 5.74) is 6.66. The highest BCUT2D eigenvalue weighted by Gasteiger charge is 2.13. The number of non-ortho nitro benzene ring substituents is 1. The molecule has 0 aliphatic rings. The Bertz CT molecular complexity index is 579. The van der Waals surface area contributed by atoms with Crippen molar-refractivity contribution in [1.29, 1.82) is 0 Å². The summed E-state index contributed by atoms with van der Waals surface area (Å²) in [7, 11) is 1.50. The molecule has 0 spiro atoms. The molecule has 0 saturated heterocycles. The predicted octanol–water partition coefficient (Wildman–Crippen LogP) is 1.25. The topological polar surface area (TPSA) is 96.2 Å². The molecule has 0 atom stereocenters. The number of aromatic nitrogens is 2. The molecule has 7 nitrogen and oxygen atoms in total. The van der Waals surface area contributed by atoms with Gasteiger partial charge in [0, 0.05) is 24.9 Å². The molecular weight excluding hydrogens is 236 g/mol. The second kappa shape index (κ2) is 4.84. The average molecular weight is 248 g/mol. The third-order valence-electron chi connectivity index (χ3n) is 2.47. The molecule has 2 rings (SSSR count). The van der Waals surface area contributed by atoms with Crippen molar-refractivity contribution in [2.45, 2.75) is 6.54 Å². The molecule has 0 fully saturated rings. The summed E-state index contributed by atoms with van der Waals surface area (Å²) in [6.07, 6.45) is 1.68. The Kier molecular flexibility index (Phi) is 3.24. The van der Waals surface area contributed by atoms with Gasteiger partial charge in [0.25, 0.3) is 5.69 Å². The van der Waals surface area contributed by atoms with Crippen LogP contribution in [-0.2, 0) is 6.54 Å². The van der Waals surface area contributed by atoms with Crippen molar-refractivity contribution >= 4 is 5.69 Å². The number of nitro groups is 1. The molecule has 0 radical (unpaired) electrons. The Balaban J connectivity index is 2.52. The highest BCUT2D eigenvalue weighted by Crippen LogP contribution is 2.27. The van der Waals surface area contributed by atoms with Crippen molar-refractivity contribution in [2.75, 3.05) is 7.11 Å². The maximum Gasteiger partial charge on any atom is 0.271 e. The Labute approximate surface area is 103 Å². The van der Waals surface area contributed by atoms with Gasteiger partial charge in [0.15, 0.2) is 0 Å². The number of methoxy groups -OCH3 is 1. The maximum atomic E-state index is 10.8. The number of hydrogen-bond acceptors (Lipinski definition) is 5. The lowest BCUT2D eigenvalue weighted by atomic mass is 10.2. The highest BCUT2D eigenvalue weighted by molar-refractivity contribution is 5.53. The fourth-order valence-electron chi connectivity index (χ4n) is 1.58. The van der Waals surface area contributed by atoms with Gasteiger partial charge in [-0.3, -0.25) is 10.1 Å². The van der Waals surface area contributed by atoms with Gasteiger partial charge in [-0.15, -0.1) is 0 Å². The van der Waals surface area contributed by atoms with Crippen molar-refractivity contribution in [3.05, 3.63) is 46.3 Å². The van der Waals surface area contributed by atoms with Gasteiger partial charge in [0.1, 0.15) is 11.4 Å². The number of nitrogens with two attached hydrogens (primary N) is 1. The van der Waals surface area contributed by atoms with E-state index in [4.69, 9.17) is 10.5 Å². The monoisotopic (exact) mass is 248 g/mol. The summed E-state index contributed by atoms with van der Waals surface area (Å²) < 4.78 is 6.67. The minimum absolute atomic E-state index is 0.0180. The van der Waals surface area contributed by atoms with Crippen LogP contribution >= 0.6 is 0 Å². The Hall–Kier alpha value is -2.41. The maximum absolute atomic E-state index is 10.8. The zero-order valence-corrected chi connectivity index (χ0v) is 9.74. The van der Waals surface area contributed by atoms with Gasteiger partial charge in [0.2, 0.25) is 0 Å². The van der Waals surface area contributed by atoms with E-state index in [1.807, 2.05) is 0 Å². The SMILES string of the molecule is COc1ccc([N+](=O)[O-])cc1-n1ccc(CN)n1. The van der Waals surface area contributed by atoms with Crippen LogP contribution < -0.4 is 10.5 Å². The average Bonchev–Trinajstić information content (AvgIpc) is 2.86. The van der Waals surface area contributed by atoms with Crippen molar-refractivity contribution in [3.63, 3.8) is 0 Å². The smallest absolute Gasteiger partial charge is 0.271 e. The van der Waals surface area contributed by atoms with Crippen molar-refractivity contribution in [1.82, 2.24) is 9.78 Å². The second-order valence-corrected chi connectivity index (χ2v) is 3.57. The number of benzene rings is 1. The van der Waals surface area contributed by atoms with Gasteiger partial charge < -0.3 is 10.5 Å². The Morgan fingerprint density at radius 3 is 2.83 bits per heavy atom. The van der Waals surface area contributed by atoms with Crippen LogP contribution in [0.3, 0.4) is 0 Å². The lowest BCUT2D eigenvalue weighted by molar-refractivity contribution is -0.384. The molecule has 2 N–H and O–H groups in total. The first-order valence-corrected chi connectivity index (χ1v) is 5.23. The number of nitrogens with zero attached hydrogens (tertiary/aromatic N) is 3. The summed E-state index contributed by atoms with van der Waals surface area (Å²) in [6.45, 7) is 0.310. The molecule has 0 aliphatic heterocycles. The van der Waals surface area contributed by atoms with Gasteiger partial charge >= 0.3 is 0 Å². The summed E-state index contributed by atoms with van der Waals surface area (Å²) in [5.74, 6) is 0.507. The quantitative estimate of drug-likeness (QED) is 0.648. The van der Waals surface area contributed by atoms with E-state index in [-0.39, 0.29) is 5.69 Å². The van der Waals surface area contributed by atoms with Crippen LogP contribution in [0.1, 0.15) is 5.69 Å². The molecule has 0 saturated carbocycles. The molecule has 1 aromatic carbocycles. The van der Waals surface area contributed by atoms with Crippen LogP contribution in [0.2, 0.25) is 0 Å². The van der Waals surface area contributed by atoms with Crippen LogP contribution in [0.15, 0.2) is 30.5 Å². The van der Waals surface area contributed by atoms with Gasteiger partial charge in [-0.2, -0.15) is 5.10 Å². The fraction of sp³-hybridized carbons (Fsp3) is 0.182. The minimum atomic E-state index is -0.462. The number of hydrogen-bond donors (Lipinski definition) is 1. The van der Waals surface area contributed by atoms with Crippen molar-refractivity contribution < 1.29 is 9.66 Å². The first kappa shape index (κ1) is 12.1. The molecule has 94 valence electrons. The molecule has 0 bridgehead atoms. The number of rotatable bonds is 4. The standard InChI is InChI=1S/C11H12N4O3/c1-18-11-3-2-9(15(16)17)6-10(11)14-5-4-8(7-12)13-14/h2-6H,7,12H2,1H3. The summed E-state index contributed by atoms with van der Waals surface area (Å²) in [5, 5.41) is 15.0.